The van der Waals surface area contributed by atoms with Gasteiger partial charge in [-0.25, -0.2) is 0 Å². The Hall–Kier alpha value is -0.910. The van der Waals surface area contributed by atoms with E-state index in [0.717, 1.165) is 10.0 Å². The number of rotatable bonds is 4. The van der Waals surface area contributed by atoms with Gasteiger partial charge < -0.3 is 14.8 Å². The molecule has 2 rings (SSSR count). The number of methoxy groups -OCH3 is 1. The molecule has 1 N–H and O–H groups in total. The minimum Gasteiger partial charge on any atom is -0.468 e. The maximum absolute atomic E-state index is 12.0. The lowest BCUT2D eigenvalue weighted by atomic mass is 9.75. The first-order chi connectivity index (χ1) is 8.64. The molecule has 98 valence electrons. The van der Waals surface area contributed by atoms with Gasteiger partial charge in [-0.1, -0.05) is 28.1 Å². The van der Waals surface area contributed by atoms with E-state index in [1.165, 1.54) is 7.11 Å². The van der Waals surface area contributed by atoms with Gasteiger partial charge in [0.1, 0.15) is 5.41 Å². The zero-order valence-corrected chi connectivity index (χ0v) is 12.0. The molecule has 0 aliphatic carbocycles. The first-order valence-corrected chi connectivity index (χ1v) is 6.52. The highest BCUT2D eigenvalue weighted by atomic mass is 79.9. The number of halogens is 1. The average Bonchev–Trinajstić information content (AvgIpc) is 2.32. The Kier molecular flexibility index (Phi) is 4.04. The second-order valence-corrected chi connectivity index (χ2v) is 5.33. The van der Waals surface area contributed by atoms with Crippen molar-refractivity contribution < 1.29 is 14.3 Å². The molecule has 0 saturated carbocycles. The summed E-state index contributed by atoms with van der Waals surface area (Å²) in [5.41, 5.74) is 0.421. The normalized spacial score (nSPS) is 18.8. The molecule has 1 unspecified atom stereocenters. The highest BCUT2D eigenvalue weighted by molar-refractivity contribution is 9.10. The van der Waals surface area contributed by atoms with Crippen molar-refractivity contribution in [2.24, 2.45) is 5.41 Å². The maximum Gasteiger partial charge on any atom is 0.318 e. The number of esters is 1. The molecule has 0 aromatic heterocycles. The van der Waals surface area contributed by atoms with Crippen molar-refractivity contribution in [2.75, 3.05) is 27.4 Å². The lowest BCUT2D eigenvalue weighted by molar-refractivity contribution is -0.190. The quantitative estimate of drug-likeness (QED) is 0.863. The van der Waals surface area contributed by atoms with Crippen LogP contribution in [0, 0.1) is 5.41 Å². The molecule has 0 amide bonds. The molecule has 4 nitrogen and oxygen atoms in total. The fraction of sp³-hybridized carbons (Fsp3) is 0.462. The standard InChI is InChI=1S/C13H16BrNO3/c1-15-11(9-4-3-5-10(14)6-9)13(7-18-8-13)12(16)17-2/h3-6,11,15H,7-8H2,1-2H3. The number of benzene rings is 1. The summed E-state index contributed by atoms with van der Waals surface area (Å²) in [5, 5.41) is 3.20. The van der Waals surface area contributed by atoms with E-state index in [-0.39, 0.29) is 12.0 Å². The monoisotopic (exact) mass is 313 g/mol. The van der Waals surface area contributed by atoms with E-state index in [9.17, 15) is 4.79 Å². The van der Waals surface area contributed by atoms with Crippen LogP contribution in [0.4, 0.5) is 0 Å². The molecule has 18 heavy (non-hydrogen) atoms. The Morgan fingerprint density at radius 1 is 1.56 bits per heavy atom. The highest BCUT2D eigenvalue weighted by Crippen LogP contribution is 2.42. The molecule has 0 bridgehead atoms. The molecule has 5 heteroatoms. The van der Waals surface area contributed by atoms with Gasteiger partial charge >= 0.3 is 5.97 Å². The number of hydrogen-bond donors (Lipinski definition) is 1. The number of hydrogen-bond acceptors (Lipinski definition) is 4. The summed E-state index contributed by atoms with van der Waals surface area (Å²) in [5.74, 6) is -0.229. The van der Waals surface area contributed by atoms with E-state index in [1.54, 1.807) is 0 Å². The zero-order chi connectivity index (χ0) is 13.2. The number of carbonyl (C=O) groups is 1. The van der Waals surface area contributed by atoms with Crippen LogP contribution >= 0.6 is 15.9 Å². The van der Waals surface area contributed by atoms with E-state index in [2.05, 4.69) is 21.2 Å². The number of carbonyl (C=O) groups excluding carboxylic acids is 1. The van der Waals surface area contributed by atoms with Gasteiger partial charge in [0.2, 0.25) is 0 Å². The van der Waals surface area contributed by atoms with Crippen LogP contribution in [0.15, 0.2) is 28.7 Å². The van der Waals surface area contributed by atoms with Crippen molar-refractivity contribution in [2.45, 2.75) is 6.04 Å². The minimum atomic E-state index is -0.621. The number of ether oxygens (including phenoxy) is 2. The van der Waals surface area contributed by atoms with Gasteiger partial charge in [0.15, 0.2) is 0 Å². The van der Waals surface area contributed by atoms with Gasteiger partial charge in [-0.3, -0.25) is 4.79 Å². The summed E-state index contributed by atoms with van der Waals surface area (Å²) in [4.78, 5) is 12.0. The summed E-state index contributed by atoms with van der Waals surface area (Å²) < 4.78 is 11.2. The van der Waals surface area contributed by atoms with Crippen molar-refractivity contribution >= 4 is 21.9 Å². The van der Waals surface area contributed by atoms with Gasteiger partial charge in [-0.2, -0.15) is 0 Å². The topological polar surface area (TPSA) is 47.6 Å². The smallest absolute Gasteiger partial charge is 0.318 e. The second kappa shape index (κ2) is 5.38. The average molecular weight is 314 g/mol. The third-order valence-corrected chi connectivity index (χ3v) is 3.83. The Bertz CT molecular complexity index is 446. The molecule has 0 spiro atoms. The molecule has 1 aliphatic heterocycles. The largest absolute Gasteiger partial charge is 0.468 e. The van der Waals surface area contributed by atoms with Crippen molar-refractivity contribution in [3.8, 4) is 0 Å². The molecular weight excluding hydrogens is 298 g/mol. The van der Waals surface area contributed by atoms with Gasteiger partial charge in [-0.05, 0) is 24.7 Å². The zero-order valence-electron chi connectivity index (χ0n) is 10.4. The van der Waals surface area contributed by atoms with E-state index in [1.807, 2.05) is 31.3 Å². The molecule has 1 atom stereocenters. The summed E-state index contributed by atoms with van der Waals surface area (Å²) in [6, 6.07) is 7.79. The van der Waals surface area contributed by atoms with Crippen molar-refractivity contribution in [1.82, 2.24) is 5.32 Å². The summed E-state index contributed by atoms with van der Waals surface area (Å²) in [7, 11) is 3.25. The SMILES string of the molecule is CNC(c1cccc(Br)c1)C1(C(=O)OC)COC1. The molecule has 1 saturated heterocycles. The summed E-state index contributed by atoms with van der Waals surface area (Å²) >= 11 is 3.45. The van der Waals surface area contributed by atoms with Crippen LogP contribution in [0.25, 0.3) is 0 Å². The fourth-order valence-corrected chi connectivity index (χ4v) is 2.79. The maximum atomic E-state index is 12.0. The van der Waals surface area contributed by atoms with E-state index in [4.69, 9.17) is 9.47 Å². The summed E-state index contributed by atoms with van der Waals surface area (Å²) in [6.07, 6.45) is 0. The molecule has 1 aromatic carbocycles. The molecule has 1 aromatic rings. The Morgan fingerprint density at radius 2 is 2.28 bits per heavy atom. The van der Waals surface area contributed by atoms with Gasteiger partial charge in [0, 0.05) is 4.47 Å². The molecule has 0 radical (unpaired) electrons. The Labute approximate surface area is 115 Å². The van der Waals surface area contributed by atoms with Crippen LogP contribution < -0.4 is 5.32 Å². The van der Waals surface area contributed by atoms with E-state index < -0.39 is 5.41 Å². The first-order valence-electron chi connectivity index (χ1n) is 5.73. The Balaban J connectivity index is 2.35. The van der Waals surface area contributed by atoms with Crippen LogP contribution in [-0.2, 0) is 14.3 Å². The lowest BCUT2D eigenvalue weighted by Gasteiger charge is -2.44. The Morgan fingerprint density at radius 3 is 2.72 bits per heavy atom. The molecule has 1 aliphatic rings. The number of nitrogens with one attached hydrogen (secondary N) is 1. The predicted octanol–water partition coefficient (Wildman–Crippen LogP) is 1.90. The minimum absolute atomic E-state index is 0.115. The first kappa shape index (κ1) is 13.5. The van der Waals surface area contributed by atoms with E-state index >= 15 is 0 Å². The predicted molar refractivity (Wildman–Crippen MR) is 71.2 cm³/mol. The lowest BCUT2D eigenvalue weighted by Crippen LogP contribution is -2.56. The van der Waals surface area contributed by atoms with Crippen molar-refractivity contribution in [3.63, 3.8) is 0 Å². The van der Waals surface area contributed by atoms with Gasteiger partial charge in [0.25, 0.3) is 0 Å². The summed E-state index contributed by atoms with van der Waals surface area (Å²) in [6.45, 7) is 0.773. The van der Waals surface area contributed by atoms with Crippen molar-refractivity contribution in [3.05, 3.63) is 34.3 Å². The van der Waals surface area contributed by atoms with Crippen LogP contribution in [0.5, 0.6) is 0 Å². The highest BCUT2D eigenvalue weighted by Gasteiger charge is 2.53. The van der Waals surface area contributed by atoms with E-state index in [0.29, 0.717) is 13.2 Å². The fourth-order valence-electron chi connectivity index (χ4n) is 2.38. The van der Waals surface area contributed by atoms with Gasteiger partial charge in [0.05, 0.1) is 26.4 Å². The molecule has 1 fully saturated rings. The third-order valence-electron chi connectivity index (χ3n) is 3.33. The van der Waals surface area contributed by atoms with Crippen LogP contribution in [0.3, 0.4) is 0 Å². The van der Waals surface area contributed by atoms with Crippen LogP contribution in [0.1, 0.15) is 11.6 Å². The van der Waals surface area contributed by atoms with Crippen LogP contribution in [0.2, 0.25) is 0 Å². The molecular formula is C13H16BrNO3. The van der Waals surface area contributed by atoms with Gasteiger partial charge in [-0.15, -0.1) is 0 Å². The van der Waals surface area contributed by atoms with Crippen LogP contribution in [-0.4, -0.2) is 33.3 Å². The third kappa shape index (κ3) is 2.18. The molecule has 1 heterocycles. The van der Waals surface area contributed by atoms with Crippen molar-refractivity contribution in [1.29, 1.82) is 0 Å². The second-order valence-electron chi connectivity index (χ2n) is 4.42.